The minimum atomic E-state index is -0.280. The lowest BCUT2D eigenvalue weighted by molar-refractivity contribution is 0.626. The molecular formula is C13H9FN2OS. The van der Waals surface area contributed by atoms with Crippen molar-refractivity contribution in [1.82, 2.24) is 9.55 Å². The lowest BCUT2D eigenvalue weighted by Gasteiger charge is -2.05. The highest BCUT2D eigenvalue weighted by Gasteiger charge is 2.05. The number of aromatic nitrogens is 2. The molecule has 0 saturated heterocycles. The fourth-order valence-corrected chi connectivity index (χ4v) is 2.57. The predicted molar refractivity (Wildman–Crippen MR) is 69.4 cm³/mol. The van der Waals surface area contributed by atoms with E-state index in [4.69, 9.17) is 0 Å². The second-order valence-electron chi connectivity index (χ2n) is 3.94. The Bertz CT molecular complexity index is 746. The highest BCUT2D eigenvalue weighted by atomic mass is 32.1. The highest BCUT2D eigenvalue weighted by molar-refractivity contribution is 7.17. The molecule has 0 aliphatic carbocycles. The smallest absolute Gasteiger partial charge is 0.271 e. The molecule has 90 valence electrons. The number of hydrogen-bond acceptors (Lipinski definition) is 3. The summed E-state index contributed by atoms with van der Waals surface area (Å²) in [7, 11) is 0. The summed E-state index contributed by atoms with van der Waals surface area (Å²) in [6.45, 7) is 0.403. The van der Waals surface area contributed by atoms with Gasteiger partial charge in [-0.1, -0.05) is 12.1 Å². The van der Waals surface area contributed by atoms with Crippen LogP contribution in [-0.4, -0.2) is 9.55 Å². The Hall–Kier alpha value is -2.01. The Morgan fingerprint density at radius 3 is 2.78 bits per heavy atom. The van der Waals surface area contributed by atoms with E-state index >= 15 is 0 Å². The second-order valence-corrected chi connectivity index (χ2v) is 4.86. The minimum Gasteiger partial charge on any atom is -0.294 e. The first kappa shape index (κ1) is 11.1. The van der Waals surface area contributed by atoms with Gasteiger partial charge in [0.05, 0.1) is 18.4 Å². The summed E-state index contributed by atoms with van der Waals surface area (Å²) in [5.41, 5.74) is 1.54. The van der Waals surface area contributed by atoms with Crippen LogP contribution < -0.4 is 5.56 Å². The zero-order chi connectivity index (χ0) is 12.5. The van der Waals surface area contributed by atoms with Crippen LogP contribution in [0.5, 0.6) is 0 Å². The number of nitrogens with zero attached hydrogens (tertiary/aromatic N) is 2. The average molecular weight is 260 g/mol. The van der Waals surface area contributed by atoms with E-state index in [0.717, 1.165) is 11.1 Å². The lowest BCUT2D eigenvalue weighted by Crippen LogP contribution is -2.20. The van der Waals surface area contributed by atoms with Crippen LogP contribution in [0, 0.1) is 5.82 Å². The fourth-order valence-electron chi connectivity index (χ4n) is 1.78. The molecule has 0 radical (unpaired) electrons. The number of thiophene rings is 1. The SMILES string of the molecule is O=c1c2sccc2ncn1Cc1ccc(F)cc1. The van der Waals surface area contributed by atoms with E-state index in [1.165, 1.54) is 34.4 Å². The first-order chi connectivity index (χ1) is 8.74. The van der Waals surface area contributed by atoms with Gasteiger partial charge in [0.2, 0.25) is 0 Å². The van der Waals surface area contributed by atoms with Crippen molar-refractivity contribution in [3.63, 3.8) is 0 Å². The molecule has 0 saturated carbocycles. The molecule has 0 fully saturated rings. The molecule has 3 nitrogen and oxygen atoms in total. The third-order valence-corrected chi connectivity index (χ3v) is 3.59. The summed E-state index contributed by atoms with van der Waals surface area (Å²) in [5, 5.41) is 1.85. The Balaban J connectivity index is 2.02. The predicted octanol–water partition coefficient (Wildman–Crippen LogP) is 2.65. The summed E-state index contributed by atoms with van der Waals surface area (Å²) in [6.07, 6.45) is 1.53. The number of fused-ring (bicyclic) bond motifs is 1. The van der Waals surface area contributed by atoms with Gasteiger partial charge >= 0.3 is 0 Å². The molecule has 18 heavy (non-hydrogen) atoms. The van der Waals surface area contributed by atoms with Gasteiger partial charge < -0.3 is 0 Å². The fraction of sp³-hybridized carbons (Fsp3) is 0.0769. The Kier molecular flexibility index (Phi) is 2.68. The Morgan fingerprint density at radius 2 is 2.00 bits per heavy atom. The summed E-state index contributed by atoms with van der Waals surface area (Å²) < 4.78 is 15.0. The van der Waals surface area contributed by atoms with Gasteiger partial charge in [0.1, 0.15) is 10.5 Å². The van der Waals surface area contributed by atoms with Crippen LogP contribution in [0.15, 0.2) is 46.8 Å². The van der Waals surface area contributed by atoms with Gasteiger partial charge in [0, 0.05) is 0 Å². The van der Waals surface area contributed by atoms with Crippen molar-refractivity contribution < 1.29 is 4.39 Å². The van der Waals surface area contributed by atoms with E-state index in [2.05, 4.69) is 4.98 Å². The molecule has 0 aliphatic heterocycles. The quantitative estimate of drug-likeness (QED) is 0.710. The van der Waals surface area contributed by atoms with Gasteiger partial charge in [0.15, 0.2) is 0 Å². The topological polar surface area (TPSA) is 34.9 Å². The molecular weight excluding hydrogens is 251 g/mol. The zero-order valence-electron chi connectivity index (χ0n) is 9.34. The van der Waals surface area contributed by atoms with Crippen LogP contribution in [0.25, 0.3) is 10.2 Å². The van der Waals surface area contributed by atoms with Crippen molar-refractivity contribution >= 4 is 21.6 Å². The first-order valence-electron chi connectivity index (χ1n) is 5.41. The maximum absolute atomic E-state index is 12.8. The standard InChI is InChI=1S/C13H9FN2OS/c14-10-3-1-9(2-4-10)7-16-8-15-11-5-6-18-12(11)13(16)17/h1-6,8H,7H2. The Labute approximate surface area is 106 Å². The van der Waals surface area contributed by atoms with Crippen LogP contribution in [0.4, 0.5) is 4.39 Å². The van der Waals surface area contributed by atoms with Gasteiger partial charge in [-0.2, -0.15) is 0 Å². The molecule has 0 atom stereocenters. The number of benzene rings is 1. The molecule has 3 rings (SSSR count). The molecule has 0 bridgehead atoms. The highest BCUT2D eigenvalue weighted by Crippen LogP contribution is 2.13. The van der Waals surface area contributed by atoms with Crippen molar-refractivity contribution in [2.75, 3.05) is 0 Å². The van der Waals surface area contributed by atoms with Crippen molar-refractivity contribution in [1.29, 1.82) is 0 Å². The van der Waals surface area contributed by atoms with Gasteiger partial charge in [0.25, 0.3) is 5.56 Å². The van der Waals surface area contributed by atoms with Crippen molar-refractivity contribution in [3.8, 4) is 0 Å². The van der Waals surface area contributed by atoms with E-state index in [0.29, 0.717) is 11.2 Å². The second kappa shape index (κ2) is 4.34. The molecule has 0 spiro atoms. The molecule has 3 aromatic rings. The van der Waals surface area contributed by atoms with Gasteiger partial charge in [-0.15, -0.1) is 11.3 Å². The van der Waals surface area contributed by atoms with Crippen molar-refractivity contribution in [2.45, 2.75) is 6.54 Å². The van der Waals surface area contributed by atoms with Crippen LogP contribution in [0.1, 0.15) is 5.56 Å². The van der Waals surface area contributed by atoms with Crippen LogP contribution in [0.3, 0.4) is 0 Å². The molecule has 0 unspecified atom stereocenters. The number of rotatable bonds is 2. The zero-order valence-corrected chi connectivity index (χ0v) is 10.2. The molecule has 0 aliphatic rings. The number of halogens is 1. The summed E-state index contributed by atoms with van der Waals surface area (Å²) in [5.74, 6) is -0.280. The molecule has 5 heteroatoms. The van der Waals surface area contributed by atoms with E-state index in [-0.39, 0.29) is 11.4 Å². The van der Waals surface area contributed by atoms with E-state index in [1.807, 2.05) is 11.4 Å². The van der Waals surface area contributed by atoms with Crippen molar-refractivity contribution in [2.24, 2.45) is 0 Å². The maximum Gasteiger partial charge on any atom is 0.271 e. The van der Waals surface area contributed by atoms with E-state index in [9.17, 15) is 9.18 Å². The minimum absolute atomic E-state index is 0.0562. The monoisotopic (exact) mass is 260 g/mol. The third-order valence-electron chi connectivity index (χ3n) is 2.70. The Morgan fingerprint density at radius 1 is 1.22 bits per heavy atom. The summed E-state index contributed by atoms with van der Waals surface area (Å²) in [6, 6.07) is 7.93. The summed E-state index contributed by atoms with van der Waals surface area (Å²) in [4.78, 5) is 16.3. The molecule has 2 aromatic heterocycles. The molecule has 0 amide bonds. The molecule has 1 aromatic carbocycles. The molecule has 0 N–H and O–H groups in total. The van der Waals surface area contributed by atoms with Gasteiger partial charge in [-0.25, -0.2) is 9.37 Å². The summed E-state index contributed by atoms with van der Waals surface area (Å²) >= 11 is 1.39. The van der Waals surface area contributed by atoms with E-state index in [1.54, 1.807) is 12.1 Å². The normalized spacial score (nSPS) is 10.9. The largest absolute Gasteiger partial charge is 0.294 e. The molecule has 2 heterocycles. The maximum atomic E-state index is 12.8. The van der Waals surface area contributed by atoms with Gasteiger partial charge in [-0.05, 0) is 29.1 Å². The van der Waals surface area contributed by atoms with E-state index < -0.39 is 0 Å². The van der Waals surface area contributed by atoms with Crippen LogP contribution in [0.2, 0.25) is 0 Å². The van der Waals surface area contributed by atoms with Crippen molar-refractivity contribution in [3.05, 3.63) is 63.8 Å². The lowest BCUT2D eigenvalue weighted by atomic mass is 10.2. The van der Waals surface area contributed by atoms with Crippen LogP contribution in [-0.2, 0) is 6.54 Å². The average Bonchev–Trinajstić information content (AvgIpc) is 2.84. The van der Waals surface area contributed by atoms with Gasteiger partial charge in [-0.3, -0.25) is 9.36 Å². The van der Waals surface area contributed by atoms with Crippen LogP contribution >= 0.6 is 11.3 Å². The number of hydrogen-bond donors (Lipinski definition) is 0. The third kappa shape index (κ3) is 1.93. The first-order valence-corrected chi connectivity index (χ1v) is 6.29.